The van der Waals surface area contributed by atoms with Gasteiger partial charge in [0.2, 0.25) is 0 Å². The lowest BCUT2D eigenvalue weighted by Crippen LogP contribution is -2.08. The number of pyridine rings is 1. The zero-order chi connectivity index (χ0) is 15.2. The monoisotopic (exact) mass is 289 g/mol. The molecule has 2 rings (SSSR count). The van der Waals surface area contributed by atoms with Gasteiger partial charge in [-0.3, -0.25) is 9.78 Å². The first-order valence-electron chi connectivity index (χ1n) is 6.91. The summed E-state index contributed by atoms with van der Waals surface area (Å²) in [6, 6.07) is 5.19. The van der Waals surface area contributed by atoms with Gasteiger partial charge in [-0.1, -0.05) is 13.3 Å². The first kappa shape index (κ1) is 15.1. The summed E-state index contributed by atoms with van der Waals surface area (Å²) < 4.78 is 16.0. The molecule has 1 heterocycles. The largest absolute Gasteiger partial charge is 0.497 e. The number of ether oxygens (including phenoxy) is 3. The number of rotatable bonds is 6. The maximum atomic E-state index is 11.8. The zero-order valence-corrected chi connectivity index (χ0v) is 12.5. The van der Waals surface area contributed by atoms with Gasteiger partial charge in [0.05, 0.1) is 25.1 Å². The van der Waals surface area contributed by atoms with Crippen LogP contribution in [0.15, 0.2) is 24.4 Å². The van der Waals surface area contributed by atoms with Crippen LogP contribution in [0.2, 0.25) is 0 Å². The fourth-order valence-electron chi connectivity index (χ4n) is 2.05. The standard InChI is InChI=1S/C16H19NO4/c1-4-5-6-15(18)21-13-7-8-17-12-9-11(19-2)10-14(20-3)16(12)13/h7-10H,4-6H2,1-3H3. The lowest BCUT2D eigenvalue weighted by Gasteiger charge is -2.12. The van der Waals surface area contributed by atoms with E-state index >= 15 is 0 Å². The highest BCUT2D eigenvalue weighted by Gasteiger charge is 2.14. The molecule has 1 aromatic carbocycles. The SMILES string of the molecule is CCCCC(=O)Oc1ccnc2cc(OC)cc(OC)c12. The van der Waals surface area contributed by atoms with Crippen LogP contribution in [0.1, 0.15) is 26.2 Å². The fourth-order valence-corrected chi connectivity index (χ4v) is 2.05. The first-order valence-corrected chi connectivity index (χ1v) is 6.91. The van der Waals surface area contributed by atoms with Crippen LogP contribution in [-0.4, -0.2) is 25.2 Å². The Kier molecular flexibility index (Phi) is 4.98. The van der Waals surface area contributed by atoms with Crippen LogP contribution in [0, 0.1) is 0 Å². The Balaban J connectivity index is 2.42. The second kappa shape index (κ2) is 6.92. The summed E-state index contributed by atoms with van der Waals surface area (Å²) in [5, 5.41) is 0.672. The number of hydrogen-bond donors (Lipinski definition) is 0. The number of carbonyl (C=O) groups is 1. The molecule has 112 valence electrons. The van der Waals surface area contributed by atoms with E-state index in [4.69, 9.17) is 14.2 Å². The van der Waals surface area contributed by atoms with Crippen molar-refractivity contribution in [2.75, 3.05) is 14.2 Å². The van der Waals surface area contributed by atoms with Crippen molar-refractivity contribution in [3.8, 4) is 17.2 Å². The van der Waals surface area contributed by atoms with Crippen molar-refractivity contribution in [3.05, 3.63) is 24.4 Å². The highest BCUT2D eigenvalue weighted by Crippen LogP contribution is 2.36. The summed E-state index contributed by atoms with van der Waals surface area (Å²) in [5.41, 5.74) is 0.659. The average Bonchev–Trinajstić information content (AvgIpc) is 2.51. The van der Waals surface area contributed by atoms with E-state index in [0.717, 1.165) is 12.8 Å². The van der Waals surface area contributed by atoms with Gasteiger partial charge < -0.3 is 14.2 Å². The molecule has 0 saturated heterocycles. The van der Waals surface area contributed by atoms with E-state index in [-0.39, 0.29) is 5.97 Å². The number of hydrogen-bond acceptors (Lipinski definition) is 5. The molecule has 0 saturated carbocycles. The van der Waals surface area contributed by atoms with Gasteiger partial charge in [0.15, 0.2) is 0 Å². The molecular weight excluding hydrogens is 270 g/mol. The van der Waals surface area contributed by atoms with Gasteiger partial charge in [0.25, 0.3) is 0 Å². The third-order valence-electron chi connectivity index (χ3n) is 3.15. The molecule has 0 fully saturated rings. The third kappa shape index (κ3) is 3.42. The van der Waals surface area contributed by atoms with Gasteiger partial charge in [0.1, 0.15) is 17.2 Å². The molecule has 0 unspecified atom stereocenters. The molecule has 5 nitrogen and oxygen atoms in total. The highest BCUT2D eigenvalue weighted by molar-refractivity contribution is 5.93. The summed E-state index contributed by atoms with van der Waals surface area (Å²) >= 11 is 0. The molecule has 2 aromatic rings. The van der Waals surface area contributed by atoms with Crippen molar-refractivity contribution in [1.82, 2.24) is 4.98 Å². The average molecular weight is 289 g/mol. The van der Waals surface area contributed by atoms with E-state index in [0.29, 0.717) is 34.6 Å². The van der Waals surface area contributed by atoms with E-state index in [2.05, 4.69) is 4.98 Å². The molecule has 0 aliphatic carbocycles. The number of methoxy groups -OCH3 is 2. The van der Waals surface area contributed by atoms with Crippen LogP contribution < -0.4 is 14.2 Å². The molecule has 0 N–H and O–H groups in total. The number of fused-ring (bicyclic) bond motifs is 1. The van der Waals surface area contributed by atoms with Gasteiger partial charge in [-0.2, -0.15) is 0 Å². The lowest BCUT2D eigenvalue weighted by atomic mass is 10.1. The molecule has 0 aliphatic heterocycles. The van der Waals surface area contributed by atoms with Crippen LogP contribution in [0.4, 0.5) is 0 Å². The maximum absolute atomic E-state index is 11.8. The second-order valence-corrected chi connectivity index (χ2v) is 4.61. The smallest absolute Gasteiger partial charge is 0.311 e. The fraction of sp³-hybridized carbons (Fsp3) is 0.375. The second-order valence-electron chi connectivity index (χ2n) is 4.61. The number of benzene rings is 1. The minimum atomic E-state index is -0.248. The quantitative estimate of drug-likeness (QED) is 0.763. The Morgan fingerprint density at radius 2 is 2.00 bits per heavy atom. The Hall–Kier alpha value is -2.30. The van der Waals surface area contributed by atoms with E-state index in [1.807, 2.05) is 6.92 Å². The van der Waals surface area contributed by atoms with Crippen molar-refractivity contribution in [3.63, 3.8) is 0 Å². The summed E-state index contributed by atoms with van der Waals surface area (Å²) in [7, 11) is 3.14. The number of nitrogens with zero attached hydrogens (tertiary/aromatic N) is 1. The molecule has 0 aliphatic rings. The van der Waals surface area contributed by atoms with Crippen LogP contribution >= 0.6 is 0 Å². The normalized spacial score (nSPS) is 10.4. The minimum Gasteiger partial charge on any atom is -0.497 e. The highest BCUT2D eigenvalue weighted by atomic mass is 16.5. The van der Waals surface area contributed by atoms with Crippen molar-refractivity contribution >= 4 is 16.9 Å². The number of esters is 1. The van der Waals surface area contributed by atoms with Crippen LogP contribution in [0.3, 0.4) is 0 Å². The van der Waals surface area contributed by atoms with Crippen LogP contribution in [0.25, 0.3) is 10.9 Å². The third-order valence-corrected chi connectivity index (χ3v) is 3.15. The maximum Gasteiger partial charge on any atom is 0.311 e. The topological polar surface area (TPSA) is 57.7 Å². The first-order chi connectivity index (χ1) is 10.2. The molecule has 0 bridgehead atoms. The molecule has 1 aromatic heterocycles. The Morgan fingerprint density at radius 3 is 2.67 bits per heavy atom. The van der Waals surface area contributed by atoms with Gasteiger partial charge in [-0.05, 0) is 6.42 Å². The molecule has 5 heteroatoms. The van der Waals surface area contributed by atoms with Crippen molar-refractivity contribution < 1.29 is 19.0 Å². The van der Waals surface area contributed by atoms with Crippen molar-refractivity contribution in [1.29, 1.82) is 0 Å². The van der Waals surface area contributed by atoms with Gasteiger partial charge in [0, 0.05) is 30.8 Å². The molecule has 21 heavy (non-hydrogen) atoms. The Morgan fingerprint density at radius 1 is 1.19 bits per heavy atom. The van der Waals surface area contributed by atoms with Gasteiger partial charge in [-0.15, -0.1) is 0 Å². The van der Waals surface area contributed by atoms with Gasteiger partial charge in [-0.25, -0.2) is 0 Å². The number of carbonyl (C=O) groups excluding carboxylic acids is 1. The molecule has 0 radical (unpaired) electrons. The molecule has 0 atom stereocenters. The predicted octanol–water partition coefficient (Wildman–Crippen LogP) is 3.35. The van der Waals surface area contributed by atoms with Crippen molar-refractivity contribution in [2.24, 2.45) is 0 Å². The van der Waals surface area contributed by atoms with E-state index in [9.17, 15) is 4.79 Å². The van der Waals surface area contributed by atoms with E-state index in [1.54, 1.807) is 38.6 Å². The summed E-state index contributed by atoms with van der Waals surface area (Å²) in [6.45, 7) is 2.03. The number of unbranched alkanes of at least 4 members (excludes halogenated alkanes) is 1. The Bertz CT molecular complexity index is 639. The molecule has 0 amide bonds. The predicted molar refractivity (Wildman–Crippen MR) is 80.0 cm³/mol. The summed E-state index contributed by atoms with van der Waals surface area (Å²) in [4.78, 5) is 16.1. The molecular formula is C16H19NO4. The van der Waals surface area contributed by atoms with E-state index < -0.39 is 0 Å². The van der Waals surface area contributed by atoms with E-state index in [1.165, 1.54) is 0 Å². The zero-order valence-electron chi connectivity index (χ0n) is 12.5. The number of aromatic nitrogens is 1. The molecule has 0 spiro atoms. The summed E-state index contributed by atoms with van der Waals surface area (Å²) in [6.07, 6.45) is 3.77. The minimum absolute atomic E-state index is 0.248. The van der Waals surface area contributed by atoms with Crippen molar-refractivity contribution in [2.45, 2.75) is 26.2 Å². The lowest BCUT2D eigenvalue weighted by molar-refractivity contribution is -0.134. The van der Waals surface area contributed by atoms with Crippen LogP contribution in [0.5, 0.6) is 17.2 Å². The summed E-state index contributed by atoms with van der Waals surface area (Å²) in [5.74, 6) is 1.42. The van der Waals surface area contributed by atoms with Gasteiger partial charge >= 0.3 is 5.97 Å². The Labute approximate surface area is 123 Å². The van der Waals surface area contributed by atoms with Crippen LogP contribution in [-0.2, 0) is 4.79 Å².